The van der Waals surface area contributed by atoms with Crippen LogP contribution in [-0.4, -0.2) is 9.55 Å². The number of nitrogens with zero attached hydrogens (tertiary/aromatic N) is 2. The summed E-state index contributed by atoms with van der Waals surface area (Å²) in [6.45, 7) is 0.944. The molecule has 0 radical (unpaired) electrons. The lowest BCUT2D eigenvalue weighted by Gasteiger charge is -2.10. The zero-order valence-electron chi connectivity index (χ0n) is 9.88. The van der Waals surface area contributed by atoms with Crippen molar-refractivity contribution < 1.29 is 0 Å². The van der Waals surface area contributed by atoms with Gasteiger partial charge in [-0.3, -0.25) is 0 Å². The lowest BCUT2D eigenvalue weighted by atomic mass is 10.1. The smallest absolute Gasteiger partial charge is 0.204 e. The Morgan fingerprint density at radius 1 is 1.00 bits per heavy atom. The van der Waals surface area contributed by atoms with E-state index in [1.54, 1.807) is 0 Å². The molecule has 1 N–H and O–H groups in total. The number of anilines is 1. The van der Waals surface area contributed by atoms with Crippen LogP contribution >= 0.6 is 0 Å². The molecule has 1 aliphatic heterocycles. The maximum atomic E-state index is 4.62. The fourth-order valence-corrected chi connectivity index (χ4v) is 2.63. The number of benzene rings is 2. The number of rotatable bonds is 1. The number of nitrogens with one attached hydrogen (secondary N) is 1. The number of hydrogen-bond donors (Lipinski definition) is 1. The average Bonchev–Trinajstić information content (AvgIpc) is 2.97. The summed E-state index contributed by atoms with van der Waals surface area (Å²) in [6.07, 6.45) is 0. The van der Waals surface area contributed by atoms with Gasteiger partial charge in [-0.1, -0.05) is 42.5 Å². The van der Waals surface area contributed by atoms with Gasteiger partial charge in [0.25, 0.3) is 0 Å². The van der Waals surface area contributed by atoms with Crippen molar-refractivity contribution in [1.82, 2.24) is 9.55 Å². The van der Waals surface area contributed by atoms with Crippen molar-refractivity contribution in [1.29, 1.82) is 0 Å². The summed E-state index contributed by atoms with van der Waals surface area (Å²) < 4.78 is 2.26. The summed E-state index contributed by atoms with van der Waals surface area (Å²) in [5.41, 5.74) is 3.58. The molecule has 0 saturated carbocycles. The van der Waals surface area contributed by atoms with Crippen LogP contribution < -0.4 is 5.32 Å². The molecule has 3 heteroatoms. The van der Waals surface area contributed by atoms with E-state index in [4.69, 9.17) is 0 Å². The Kier molecular flexibility index (Phi) is 1.94. The first-order valence-corrected chi connectivity index (χ1v) is 6.18. The Morgan fingerprint density at radius 3 is 2.67 bits per heavy atom. The van der Waals surface area contributed by atoms with Crippen molar-refractivity contribution in [2.24, 2.45) is 0 Å². The third kappa shape index (κ3) is 1.34. The molecule has 1 aromatic heterocycles. The van der Waals surface area contributed by atoms with Gasteiger partial charge in [0.1, 0.15) is 0 Å². The number of imidazole rings is 1. The number of para-hydroxylation sites is 2. The Bertz CT molecular complexity index is 700. The van der Waals surface area contributed by atoms with Crippen LogP contribution in [0.1, 0.15) is 11.6 Å². The Balaban J connectivity index is 1.76. The first kappa shape index (κ1) is 9.71. The molecule has 3 nitrogen and oxygen atoms in total. The highest BCUT2D eigenvalue weighted by atomic mass is 15.3. The van der Waals surface area contributed by atoms with E-state index in [0.717, 1.165) is 18.0 Å². The zero-order valence-corrected chi connectivity index (χ0v) is 9.88. The van der Waals surface area contributed by atoms with Gasteiger partial charge in [-0.15, -0.1) is 0 Å². The second-order valence-electron chi connectivity index (χ2n) is 4.64. The molecule has 4 rings (SSSR count). The van der Waals surface area contributed by atoms with Gasteiger partial charge in [0, 0.05) is 0 Å². The molecule has 0 aliphatic carbocycles. The molecule has 0 amide bonds. The van der Waals surface area contributed by atoms with Gasteiger partial charge in [0.2, 0.25) is 5.95 Å². The molecule has 88 valence electrons. The molecule has 1 atom stereocenters. The molecule has 3 aromatic rings. The molecule has 2 heterocycles. The van der Waals surface area contributed by atoms with Gasteiger partial charge < -0.3 is 9.88 Å². The summed E-state index contributed by atoms with van der Waals surface area (Å²) in [7, 11) is 0. The highest BCUT2D eigenvalue weighted by Crippen LogP contribution is 2.31. The lowest BCUT2D eigenvalue weighted by molar-refractivity contribution is 0.700. The molecular formula is C15H13N3. The van der Waals surface area contributed by atoms with E-state index in [1.807, 2.05) is 12.1 Å². The van der Waals surface area contributed by atoms with E-state index >= 15 is 0 Å². The Labute approximate surface area is 105 Å². The van der Waals surface area contributed by atoms with E-state index in [2.05, 4.69) is 57.3 Å². The van der Waals surface area contributed by atoms with Crippen LogP contribution in [0.25, 0.3) is 11.0 Å². The predicted molar refractivity (Wildman–Crippen MR) is 72.5 cm³/mol. The second-order valence-corrected chi connectivity index (χ2v) is 4.64. The van der Waals surface area contributed by atoms with Gasteiger partial charge in [0.15, 0.2) is 0 Å². The SMILES string of the molecule is c1ccc(C2Cn3c(nc4ccccc43)N2)cc1. The highest BCUT2D eigenvalue weighted by Gasteiger charge is 2.24. The van der Waals surface area contributed by atoms with E-state index in [0.29, 0.717) is 6.04 Å². The predicted octanol–water partition coefficient (Wildman–Crippen LogP) is 3.20. The molecule has 0 bridgehead atoms. The van der Waals surface area contributed by atoms with Crippen molar-refractivity contribution in [3.05, 3.63) is 60.2 Å². The summed E-state index contributed by atoms with van der Waals surface area (Å²) in [5.74, 6) is 0.977. The van der Waals surface area contributed by atoms with Crippen LogP contribution in [0, 0.1) is 0 Å². The van der Waals surface area contributed by atoms with E-state index in [-0.39, 0.29) is 0 Å². The standard InChI is InChI=1S/C15H13N3/c1-2-6-11(7-3-1)13-10-18-14-9-5-4-8-12(14)16-15(18)17-13/h1-9,13H,10H2,(H,16,17). The largest absolute Gasteiger partial charge is 0.347 e. The van der Waals surface area contributed by atoms with Crippen LogP contribution in [-0.2, 0) is 6.54 Å². The normalized spacial score (nSPS) is 17.7. The van der Waals surface area contributed by atoms with Crippen LogP contribution in [0.2, 0.25) is 0 Å². The summed E-state index contributed by atoms with van der Waals surface area (Å²) in [4.78, 5) is 4.62. The molecule has 1 aliphatic rings. The minimum atomic E-state index is 0.332. The Morgan fingerprint density at radius 2 is 1.78 bits per heavy atom. The van der Waals surface area contributed by atoms with E-state index in [9.17, 15) is 0 Å². The number of hydrogen-bond acceptors (Lipinski definition) is 2. The van der Waals surface area contributed by atoms with Crippen LogP contribution in [0.3, 0.4) is 0 Å². The summed E-state index contributed by atoms with van der Waals surface area (Å²) in [5, 5.41) is 3.49. The number of aromatic nitrogens is 2. The quantitative estimate of drug-likeness (QED) is 0.702. The topological polar surface area (TPSA) is 29.9 Å². The van der Waals surface area contributed by atoms with Gasteiger partial charge in [-0.2, -0.15) is 0 Å². The van der Waals surface area contributed by atoms with Crippen molar-refractivity contribution >= 4 is 17.0 Å². The first-order chi connectivity index (χ1) is 8.92. The fourth-order valence-electron chi connectivity index (χ4n) is 2.63. The third-order valence-corrected chi connectivity index (χ3v) is 3.52. The first-order valence-electron chi connectivity index (χ1n) is 6.18. The monoisotopic (exact) mass is 235 g/mol. The van der Waals surface area contributed by atoms with Crippen LogP contribution in [0.15, 0.2) is 54.6 Å². The molecule has 0 saturated heterocycles. The van der Waals surface area contributed by atoms with E-state index < -0.39 is 0 Å². The molecule has 18 heavy (non-hydrogen) atoms. The van der Waals surface area contributed by atoms with Crippen molar-refractivity contribution in [3.8, 4) is 0 Å². The third-order valence-electron chi connectivity index (χ3n) is 3.52. The highest BCUT2D eigenvalue weighted by molar-refractivity contribution is 5.79. The van der Waals surface area contributed by atoms with Crippen molar-refractivity contribution in [2.45, 2.75) is 12.6 Å². The van der Waals surface area contributed by atoms with Gasteiger partial charge >= 0.3 is 0 Å². The molecule has 1 unspecified atom stereocenters. The zero-order chi connectivity index (χ0) is 11.9. The minimum Gasteiger partial charge on any atom is -0.347 e. The van der Waals surface area contributed by atoms with Crippen LogP contribution in [0.4, 0.5) is 5.95 Å². The fraction of sp³-hybridized carbons (Fsp3) is 0.133. The number of fused-ring (bicyclic) bond motifs is 3. The van der Waals surface area contributed by atoms with Gasteiger partial charge in [-0.05, 0) is 17.7 Å². The molecule has 0 fully saturated rings. The minimum absolute atomic E-state index is 0.332. The molecule has 2 aromatic carbocycles. The Hall–Kier alpha value is -2.29. The lowest BCUT2D eigenvalue weighted by Crippen LogP contribution is -2.06. The van der Waals surface area contributed by atoms with E-state index in [1.165, 1.54) is 11.1 Å². The maximum absolute atomic E-state index is 4.62. The summed E-state index contributed by atoms with van der Waals surface area (Å²) in [6, 6.07) is 19.1. The average molecular weight is 235 g/mol. The van der Waals surface area contributed by atoms with Gasteiger partial charge in [-0.25, -0.2) is 4.98 Å². The molecule has 0 spiro atoms. The van der Waals surface area contributed by atoms with Crippen LogP contribution in [0.5, 0.6) is 0 Å². The second kappa shape index (κ2) is 3.60. The molecular weight excluding hydrogens is 222 g/mol. The van der Waals surface area contributed by atoms with Crippen molar-refractivity contribution in [2.75, 3.05) is 5.32 Å². The van der Waals surface area contributed by atoms with Crippen molar-refractivity contribution in [3.63, 3.8) is 0 Å². The maximum Gasteiger partial charge on any atom is 0.204 e. The summed E-state index contributed by atoms with van der Waals surface area (Å²) >= 11 is 0. The van der Waals surface area contributed by atoms with Gasteiger partial charge in [0.05, 0.1) is 23.6 Å².